The summed E-state index contributed by atoms with van der Waals surface area (Å²) < 4.78 is 39.8. The van der Waals surface area contributed by atoms with Gasteiger partial charge in [-0.2, -0.15) is 13.2 Å². The van der Waals surface area contributed by atoms with E-state index in [9.17, 15) is 18.0 Å². The van der Waals surface area contributed by atoms with Gasteiger partial charge in [0.1, 0.15) is 5.69 Å². The molecule has 1 fully saturated rings. The van der Waals surface area contributed by atoms with Gasteiger partial charge in [-0.05, 0) is 62.1 Å². The zero-order valence-corrected chi connectivity index (χ0v) is 17.3. The summed E-state index contributed by atoms with van der Waals surface area (Å²) in [7, 11) is 0. The van der Waals surface area contributed by atoms with Crippen LogP contribution >= 0.6 is 11.6 Å². The van der Waals surface area contributed by atoms with Gasteiger partial charge in [0, 0.05) is 33.7 Å². The predicted octanol–water partition coefficient (Wildman–Crippen LogP) is 6.06. The summed E-state index contributed by atoms with van der Waals surface area (Å²) in [6, 6.07) is 14.6. The number of pyridine rings is 1. The first-order valence-electron chi connectivity index (χ1n) is 10.1. The zero-order valence-electron chi connectivity index (χ0n) is 16.5. The third kappa shape index (κ3) is 5.10. The number of halogens is 4. The molecule has 1 amide bonds. The smallest absolute Gasteiger partial charge is 0.382 e. The average Bonchev–Trinajstić information content (AvgIpc) is 2.75. The number of nitrogens with zero attached hydrogens (tertiary/aromatic N) is 1. The van der Waals surface area contributed by atoms with Gasteiger partial charge in [0.05, 0.1) is 5.52 Å². The van der Waals surface area contributed by atoms with E-state index in [1.165, 1.54) is 0 Å². The molecule has 3 aromatic rings. The lowest BCUT2D eigenvalue weighted by Crippen LogP contribution is -2.40. The van der Waals surface area contributed by atoms with Crippen LogP contribution in [0, 0.1) is 0 Å². The van der Waals surface area contributed by atoms with Crippen molar-refractivity contribution in [1.29, 1.82) is 0 Å². The van der Waals surface area contributed by atoms with E-state index in [2.05, 4.69) is 15.6 Å². The number of hydrogen-bond donors (Lipinski definition) is 2. The Morgan fingerprint density at radius 3 is 2.29 bits per heavy atom. The van der Waals surface area contributed by atoms with Gasteiger partial charge in [-0.25, -0.2) is 4.98 Å². The molecule has 1 aliphatic carbocycles. The van der Waals surface area contributed by atoms with Crippen molar-refractivity contribution in [2.45, 2.75) is 43.9 Å². The highest BCUT2D eigenvalue weighted by Crippen LogP contribution is 2.34. The Morgan fingerprint density at radius 2 is 1.61 bits per heavy atom. The summed E-state index contributed by atoms with van der Waals surface area (Å²) in [6.07, 6.45) is -1.55. The van der Waals surface area contributed by atoms with Gasteiger partial charge in [0.25, 0.3) is 5.91 Å². The van der Waals surface area contributed by atoms with Crippen LogP contribution in [0.15, 0.2) is 54.6 Å². The highest BCUT2D eigenvalue weighted by Gasteiger charge is 2.33. The van der Waals surface area contributed by atoms with Crippen LogP contribution in [0.5, 0.6) is 0 Å². The molecule has 1 saturated carbocycles. The van der Waals surface area contributed by atoms with E-state index in [-0.39, 0.29) is 18.0 Å². The second-order valence-electron chi connectivity index (χ2n) is 7.74. The molecule has 0 aliphatic heterocycles. The van der Waals surface area contributed by atoms with E-state index in [0.717, 1.165) is 31.7 Å². The van der Waals surface area contributed by atoms with Crippen LogP contribution in [0.4, 0.5) is 18.9 Å². The van der Waals surface area contributed by atoms with E-state index in [1.807, 2.05) is 0 Å². The zero-order chi connectivity index (χ0) is 22.0. The molecule has 0 bridgehead atoms. The fourth-order valence-electron chi connectivity index (χ4n) is 3.91. The summed E-state index contributed by atoms with van der Waals surface area (Å²) >= 11 is 5.86. The van der Waals surface area contributed by atoms with Crippen molar-refractivity contribution in [3.05, 3.63) is 70.9 Å². The normalized spacial score (nSPS) is 19.2. The van der Waals surface area contributed by atoms with Crippen LogP contribution in [-0.4, -0.2) is 23.0 Å². The molecule has 1 aromatic heterocycles. The molecule has 4 rings (SSSR count). The highest BCUT2D eigenvalue weighted by atomic mass is 35.5. The van der Waals surface area contributed by atoms with Gasteiger partial charge in [-0.1, -0.05) is 29.8 Å². The monoisotopic (exact) mass is 447 g/mol. The first-order chi connectivity index (χ1) is 14.8. The van der Waals surface area contributed by atoms with Crippen LogP contribution in [0.2, 0.25) is 5.02 Å². The molecular formula is C23H21ClF3N3O. The molecule has 162 valence electrons. The maximum Gasteiger partial charge on any atom is 0.433 e. The molecule has 0 unspecified atom stereocenters. The topological polar surface area (TPSA) is 54.0 Å². The lowest BCUT2D eigenvalue weighted by molar-refractivity contribution is -0.140. The second kappa shape index (κ2) is 8.75. The molecular weight excluding hydrogens is 427 g/mol. The van der Waals surface area contributed by atoms with Crippen LogP contribution in [0.1, 0.15) is 41.7 Å². The minimum Gasteiger partial charge on any atom is -0.382 e. The Labute approximate surface area is 182 Å². The molecule has 0 radical (unpaired) electrons. The summed E-state index contributed by atoms with van der Waals surface area (Å²) in [5, 5.41) is 7.54. The van der Waals surface area contributed by atoms with E-state index in [0.29, 0.717) is 27.2 Å². The quantitative estimate of drug-likeness (QED) is 0.511. The lowest BCUT2D eigenvalue weighted by atomic mass is 9.90. The van der Waals surface area contributed by atoms with Crippen molar-refractivity contribution >= 4 is 34.1 Å². The van der Waals surface area contributed by atoms with Crippen molar-refractivity contribution in [2.24, 2.45) is 0 Å². The number of para-hydroxylation sites is 1. The summed E-state index contributed by atoms with van der Waals surface area (Å²) in [4.78, 5) is 16.1. The minimum absolute atomic E-state index is 0.0237. The Kier molecular flexibility index (Phi) is 6.05. The van der Waals surface area contributed by atoms with Crippen LogP contribution < -0.4 is 10.6 Å². The Balaban J connectivity index is 1.41. The van der Waals surface area contributed by atoms with E-state index in [1.54, 1.807) is 48.5 Å². The van der Waals surface area contributed by atoms with Gasteiger partial charge in [0.2, 0.25) is 0 Å². The Bertz CT molecular complexity index is 1080. The number of benzene rings is 2. The number of hydrogen-bond acceptors (Lipinski definition) is 3. The molecule has 2 N–H and O–H groups in total. The summed E-state index contributed by atoms with van der Waals surface area (Å²) in [5.41, 5.74) is 0.389. The van der Waals surface area contributed by atoms with Crippen LogP contribution in [-0.2, 0) is 6.18 Å². The molecule has 8 heteroatoms. The van der Waals surface area contributed by atoms with Crippen LogP contribution in [0.25, 0.3) is 10.9 Å². The maximum absolute atomic E-state index is 13.3. The standard InChI is InChI=1S/C23H21ClF3N3O/c24-15-7-5-14(6-8-15)22(31)29-17-11-9-16(10-12-17)28-20-13-21(23(25,26)27)30-19-4-2-1-3-18(19)20/h1-8,13,16-17H,9-12H2,(H,28,30)(H,29,31). The van der Waals surface area contributed by atoms with Crippen LogP contribution in [0.3, 0.4) is 0 Å². The number of amides is 1. The van der Waals surface area contributed by atoms with Gasteiger partial charge < -0.3 is 10.6 Å². The van der Waals surface area contributed by atoms with Crippen molar-refractivity contribution in [3.8, 4) is 0 Å². The first-order valence-corrected chi connectivity index (χ1v) is 10.5. The molecule has 2 aromatic carbocycles. The molecule has 0 atom stereocenters. The fourth-order valence-corrected chi connectivity index (χ4v) is 4.04. The third-order valence-corrected chi connectivity index (χ3v) is 5.79. The number of anilines is 1. The number of aromatic nitrogens is 1. The maximum atomic E-state index is 13.3. The minimum atomic E-state index is -4.51. The van der Waals surface area contributed by atoms with Gasteiger partial charge in [-0.3, -0.25) is 4.79 Å². The van der Waals surface area contributed by atoms with Crippen molar-refractivity contribution in [1.82, 2.24) is 10.3 Å². The van der Waals surface area contributed by atoms with Crippen molar-refractivity contribution < 1.29 is 18.0 Å². The molecule has 4 nitrogen and oxygen atoms in total. The summed E-state index contributed by atoms with van der Waals surface area (Å²) in [5.74, 6) is -0.150. The largest absolute Gasteiger partial charge is 0.433 e. The van der Waals surface area contributed by atoms with Gasteiger partial charge >= 0.3 is 6.18 Å². The number of alkyl halides is 3. The molecule has 1 heterocycles. The van der Waals surface area contributed by atoms with Crippen molar-refractivity contribution in [3.63, 3.8) is 0 Å². The van der Waals surface area contributed by atoms with Crippen molar-refractivity contribution in [2.75, 3.05) is 5.32 Å². The Morgan fingerprint density at radius 1 is 0.968 bits per heavy atom. The number of nitrogens with one attached hydrogen (secondary N) is 2. The van der Waals surface area contributed by atoms with Gasteiger partial charge in [-0.15, -0.1) is 0 Å². The number of rotatable bonds is 4. The SMILES string of the molecule is O=C(NC1CCC(Nc2cc(C(F)(F)F)nc3ccccc23)CC1)c1ccc(Cl)cc1. The first kappa shape index (κ1) is 21.4. The predicted molar refractivity (Wildman–Crippen MR) is 115 cm³/mol. The highest BCUT2D eigenvalue weighted by molar-refractivity contribution is 6.30. The molecule has 0 saturated heterocycles. The van der Waals surface area contributed by atoms with E-state index in [4.69, 9.17) is 11.6 Å². The number of carbonyl (C=O) groups is 1. The second-order valence-corrected chi connectivity index (χ2v) is 8.18. The van der Waals surface area contributed by atoms with E-state index >= 15 is 0 Å². The van der Waals surface area contributed by atoms with E-state index < -0.39 is 11.9 Å². The third-order valence-electron chi connectivity index (χ3n) is 5.54. The summed E-state index contributed by atoms with van der Waals surface area (Å²) in [6.45, 7) is 0. The number of carbonyl (C=O) groups excluding carboxylic acids is 1. The van der Waals surface area contributed by atoms with Gasteiger partial charge in [0.15, 0.2) is 0 Å². The molecule has 31 heavy (non-hydrogen) atoms. The Hall–Kier alpha value is -2.80. The fraction of sp³-hybridized carbons (Fsp3) is 0.304. The number of fused-ring (bicyclic) bond motifs is 1. The average molecular weight is 448 g/mol. The molecule has 1 aliphatic rings. The lowest BCUT2D eigenvalue weighted by Gasteiger charge is -2.30. The molecule has 0 spiro atoms.